The summed E-state index contributed by atoms with van der Waals surface area (Å²) in [7, 11) is 0. The molecular weight excluding hydrogens is 393 g/mol. The third kappa shape index (κ3) is 4.82. The second-order valence-electron chi connectivity index (χ2n) is 7.11. The molecule has 1 N–H and O–H groups in total. The molecular formula is C24H21F3O3. The first-order valence-corrected chi connectivity index (χ1v) is 9.43. The molecule has 0 fully saturated rings. The Morgan fingerprint density at radius 2 is 1.70 bits per heavy atom. The summed E-state index contributed by atoms with van der Waals surface area (Å²) >= 11 is 0. The average molecular weight is 414 g/mol. The zero-order valence-electron chi connectivity index (χ0n) is 16.6. The van der Waals surface area contributed by atoms with Crippen LogP contribution in [0.15, 0.2) is 48.5 Å². The molecule has 3 aromatic carbocycles. The molecule has 0 unspecified atom stereocenters. The third-order valence-electron chi connectivity index (χ3n) is 4.98. The van der Waals surface area contributed by atoms with E-state index in [0.717, 1.165) is 0 Å². The van der Waals surface area contributed by atoms with Crippen LogP contribution in [0.1, 0.15) is 22.3 Å². The van der Waals surface area contributed by atoms with E-state index in [1.54, 1.807) is 38.1 Å². The number of carbonyl (C=O) groups is 1. The fraction of sp³-hybridized carbons (Fsp3) is 0.208. The average Bonchev–Trinajstić information content (AvgIpc) is 2.70. The number of ether oxygens (including phenoxy) is 1. The lowest BCUT2D eigenvalue weighted by molar-refractivity contribution is -0.139. The van der Waals surface area contributed by atoms with E-state index in [-0.39, 0.29) is 18.7 Å². The lowest BCUT2D eigenvalue weighted by atomic mass is 9.95. The molecule has 0 aliphatic rings. The number of hydrogen-bond donors (Lipinski definition) is 1. The van der Waals surface area contributed by atoms with Crippen molar-refractivity contribution < 1.29 is 27.8 Å². The molecule has 0 saturated carbocycles. The Kier molecular flexibility index (Phi) is 6.45. The van der Waals surface area contributed by atoms with E-state index >= 15 is 0 Å². The summed E-state index contributed by atoms with van der Waals surface area (Å²) in [6, 6.07) is 12.0. The molecule has 0 heterocycles. The van der Waals surface area contributed by atoms with Crippen molar-refractivity contribution in [1.29, 1.82) is 0 Å². The maximum absolute atomic E-state index is 14.7. The van der Waals surface area contributed by atoms with Gasteiger partial charge in [-0.05, 0) is 90.4 Å². The number of hydrogen-bond acceptors (Lipinski definition) is 2. The van der Waals surface area contributed by atoms with Gasteiger partial charge >= 0.3 is 5.97 Å². The first-order chi connectivity index (χ1) is 14.3. The van der Waals surface area contributed by atoms with Crippen molar-refractivity contribution in [3.05, 3.63) is 88.2 Å². The molecule has 0 bridgehead atoms. The standard InChI is InChI=1S/C24H21F3O3/c1-14-10-22(30-13-23(28)29)15(2)20(24(14)27)8-6-18-11-17(7-9-21(18)26)16-4-3-5-19(25)12-16/h3-5,7,9-12H,6,8,13H2,1-2H3,(H,28,29). The quantitative estimate of drug-likeness (QED) is 0.545. The van der Waals surface area contributed by atoms with E-state index in [1.807, 2.05) is 0 Å². The maximum Gasteiger partial charge on any atom is 0.341 e. The van der Waals surface area contributed by atoms with Gasteiger partial charge in [0, 0.05) is 0 Å². The molecule has 156 valence electrons. The van der Waals surface area contributed by atoms with Gasteiger partial charge in [0.1, 0.15) is 23.2 Å². The number of benzene rings is 3. The highest BCUT2D eigenvalue weighted by atomic mass is 19.1. The van der Waals surface area contributed by atoms with Crippen LogP contribution in [-0.4, -0.2) is 17.7 Å². The zero-order valence-corrected chi connectivity index (χ0v) is 16.6. The Balaban J connectivity index is 1.88. The summed E-state index contributed by atoms with van der Waals surface area (Å²) in [4.78, 5) is 10.8. The molecule has 0 aromatic heterocycles. The lowest BCUT2D eigenvalue weighted by Crippen LogP contribution is -2.12. The topological polar surface area (TPSA) is 46.5 Å². The molecule has 0 spiro atoms. The number of aryl methyl sites for hydroxylation is 2. The molecule has 0 aliphatic carbocycles. The second kappa shape index (κ2) is 9.03. The largest absolute Gasteiger partial charge is 0.482 e. The highest BCUT2D eigenvalue weighted by molar-refractivity contribution is 5.68. The summed E-state index contributed by atoms with van der Waals surface area (Å²) in [5.41, 5.74) is 2.83. The van der Waals surface area contributed by atoms with E-state index in [4.69, 9.17) is 9.84 Å². The van der Waals surface area contributed by atoms with Gasteiger partial charge in [-0.3, -0.25) is 0 Å². The van der Waals surface area contributed by atoms with E-state index in [9.17, 15) is 18.0 Å². The summed E-state index contributed by atoms with van der Waals surface area (Å²) < 4.78 is 47.9. The fourth-order valence-electron chi connectivity index (χ4n) is 3.38. The summed E-state index contributed by atoms with van der Waals surface area (Å²) in [6.45, 7) is 2.68. The molecule has 0 aliphatic heterocycles. The van der Waals surface area contributed by atoms with Gasteiger partial charge in [-0.1, -0.05) is 18.2 Å². The first-order valence-electron chi connectivity index (χ1n) is 9.43. The SMILES string of the molecule is Cc1cc(OCC(=O)O)c(C)c(CCc2cc(-c3cccc(F)c3)ccc2F)c1F. The van der Waals surface area contributed by atoms with Crippen molar-refractivity contribution in [2.75, 3.05) is 6.61 Å². The maximum atomic E-state index is 14.7. The summed E-state index contributed by atoms with van der Waals surface area (Å²) in [6.07, 6.45) is 0.418. The molecule has 6 heteroatoms. The highest BCUT2D eigenvalue weighted by Gasteiger charge is 2.16. The summed E-state index contributed by atoms with van der Waals surface area (Å²) in [5.74, 6) is -2.07. The lowest BCUT2D eigenvalue weighted by Gasteiger charge is -2.15. The van der Waals surface area contributed by atoms with E-state index in [2.05, 4.69) is 0 Å². The van der Waals surface area contributed by atoms with E-state index < -0.39 is 24.2 Å². The van der Waals surface area contributed by atoms with Gasteiger partial charge in [-0.2, -0.15) is 0 Å². The van der Waals surface area contributed by atoms with E-state index in [1.165, 1.54) is 24.3 Å². The van der Waals surface area contributed by atoms with Crippen LogP contribution in [-0.2, 0) is 17.6 Å². The Morgan fingerprint density at radius 1 is 0.967 bits per heavy atom. The molecule has 3 aromatic rings. The minimum Gasteiger partial charge on any atom is -0.482 e. The van der Waals surface area contributed by atoms with Crippen LogP contribution in [0, 0.1) is 31.3 Å². The first kappa shape index (κ1) is 21.4. The number of aliphatic carboxylic acids is 1. The van der Waals surface area contributed by atoms with Gasteiger partial charge in [-0.25, -0.2) is 18.0 Å². The second-order valence-corrected chi connectivity index (χ2v) is 7.11. The van der Waals surface area contributed by atoms with Gasteiger partial charge in [0.25, 0.3) is 0 Å². The van der Waals surface area contributed by atoms with Crippen LogP contribution < -0.4 is 4.74 Å². The highest BCUT2D eigenvalue weighted by Crippen LogP contribution is 2.29. The predicted molar refractivity (Wildman–Crippen MR) is 108 cm³/mol. The molecule has 0 radical (unpaired) electrons. The summed E-state index contributed by atoms with van der Waals surface area (Å²) in [5, 5.41) is 8.81. The van der Waals surface area contributed by atoms with Gasteiger partial charge in [0.2, 0.25) is 0 Å². The molecule has 3 rings (SSSR count). The Labute approximate surface area is 172 Å². The van der Waals surface area contributed by atoms with Gasteiger partial charge in [0.15, 0.2) is 6.61 Å². The third-order valence-corrected chi connectivity index (χ3v) is 4.98. The van der Waals surface area contributed by atoms with Gasteiger partial charge in [-0.15, -0.1) is 0 Å². The van der Waals surface area contributed by atoms with Crippen molar-refractivity contribution in [2.24, 2.45) is 0 Å². The molecule has 30 heavy (non-hydrogen) atoms. The molecule has 0 saturated heterocycles. The minimum absolute atomic E-state index is 0.201. The molecule has 0 atom stereocenters. The molecule has 3 nitrogen and oxygen atoms in total. The fourth-order valence-corrected chi connectivity index (χ4v) is 3.38. The number of carboxylic acid groups (broad SMARTS) is 1. The smallest absolute Gasteiger partial charge is 0.341 e. The van der Waals surface area contributed by atoms with Crippen LogP contribution in [0.2, 0.25) is 0 Å². The normalized spacial score (nSPS) is 10.8. The Morgan fingerprint density at radius 3 is 2.40 bits per heavy atom. The number of halogens is 3. The minimum atomic E-state index is -1.13. The van der Waals surface area contributed by atoms with Gasteiger partial charge in [0.05, 0.1) is 0 Å². The monoisotopic (exact) mass is 414 g/mol. The van der Waals surface area contributed by atoms with Crippen molar-refractivity contribution in [2.45, 2.75) is 26.7 Å². The Bertz CT molecular complexity index is 1090. The van der Waals surface area contributed by atoms with Crippen molar-refractivity contribution in [3.63, 3.8) is 0 Å². The zero-order chi connectivity index (χ0) is 21.8. The molecule has 0 amide bonds. The Hall–Kier alpha value is -3.28. The van der Waals surface area contributed by atoms with E-state index in [0.29, 0.717) is 39.1 Å². The van der Waals surface area contributed by atoms with Crippen LogP contribution in [0.4, 0.5) is 13.2 Å². The van der Waals surface area contributed by atoms with Crippen molar-refractivity contribution in [1.82, 2.24) is 0 Å². The van der Waals surface area contributed by atoms with Crippen LogP contribution in [0.3, 0.4) is 0 Å². The number of carboxylic acids is 1. The number of rotatable bonds is 7. The van der Waals surface area contributed by atoms with Gasteiger partial charge < -0.3 is 9.84 Å². The van der Waals surface area contributed by atoms with Crippen LogP contribution in [0.5, 0.6) is 5.75 Å². The van der Waals surface area contributed by atoms with Crippen LogP contribution in [0.25, 0.3) is 11.1 Å². The van der Waals surface area contributed by atoms with Crippen molar-refractivity contribution in [3.8, 4) is 16.9 Å². The van der Waals surface area contributed by atoms with Crippen molar-refractivity contribution >= 4 is 5.97 Å². The van der Waals surface area contributed by atoms with Crippen LogP contribution >= 0.6 is 0 Å². The predicted octanol–water partition coefficient (Wildman–Crippen LogP) is 5.64.